The molecule has 0 bridgehead atoms. The Kier molecular flexibility index (Phi) is 5.91. The number of phenols is 1. The van der Waals surface area contributed by atoms with E-state index in [4.69, 9.17) is 4.74 Å². The predicted octanol–water partition coefficient (Wildman–Crippen LogP) is 2.25. The molecule has 0 aromatic heterocycles. The van der Waals surface area contributed by atoms with Crippen LogP contribution in [0.3, 0.4) is 0 Å². The van der Waals surface area contributed by atoms with E-state index in [1.807, 2.05) is 0 Å². The molecule has 0 aliphatic rings. The van der Waals surface area contributed by atoms with Gasteiger partial charge in [-0.05, 0) is 42.5 Å². The van der Waals surface area contributed by atoms with E-state index < -0.39 is 11.8 Å². The lowest BCUT2D eigenvalue weighted by Gasteiger charge is -2.04. The fourth-order valence-electron chi connectivity index (χ4n) is 1.70. The fourth-order valence-corrected chi connectivity index (χ4v) is 1.96. The number of ether oxygens (including phenoxy) is 1. The summed E-state index contributed by atoms with van der Waals surface area (Å²) in [4.78, 5) is 23.4. The monoisotopic (exact) mass is 391 g/mol. The van der Waals surface area contributed by atoms with E-state index in [1.165, 1.54) is 25.5 Å². The van der Waals surface area contributed by atoms with Crippen molar-refractivity contribution in [2.24, 2.45) is 5.10 Å². The Morgan fingerprint density at radius 3 is 2.54 bits per heavy atom. The molecule has 7 nitrogen and oxygen atoms in total. The molecule has 8 heteroatoms. The van der Waals surface area contributed by atoms with Crippen LogP contribution in [0.4, 0.5) is 5.69 Å². The van der Waals surface area contributed by atoms with E-state index in [9.17, 15) is 14.7 Å². The van der Waals surface area contributed by atoms with Crippen LogP contribution in [0, 0.1) is 0 Å². The third kappa shape index (κ3) is 4.82. The smallest absolute Gasteiger partial charge is 0.329 e. The Morgan fingerprint density at radius 2 is 1.88 bits per heavy atom. The minimum Gasteiger partial charge on any atom is -0.507 e. The molecule has 2 aromatic carbocycles. The molecule has 0 aliphatic carbocycles. The van der Waals surface area contributed by atoms with Crippen molar-refractivity contribution in [2.45, 2.75) is 0 Å². The first-order valence-corrected chi connectivity index (χ1v) is 7.56. The number of carbonyl (C=O) groups excluding carboxylic acids is 2. The summed E-state index contributed by atoms with van der Waals surface area (Å²) >= 11 is 3.27. The van der Waals surface area contributed by atoms with Crippen molar-refractivity contribution in [1.82, 2.24) is 5.43 Å². The van der Waals surface area contributed by atoms with Gasteiger partial charge in [-0.1, -0.05) is 15.9 Å². The van der Waals surface area contributed by atoms with Gasteiger partial charge in [0.2, 0.25) is 0 Å². The first-order valence-electron chi connectivity index (χ1n) is 6.76. The summed E-state index contributed by atoms with van der Waals surface area (Å²) in [6.07, 6.45) is 1.21. The van der Waals surface area contributed by atoms with Crippen molar-refractivity contribution in [1.29, 1.82) is 0 Å². The van der Waals surface area contributed by atoms with Crippen LogP contribution in [0.25, 0.3) is 0 Å². The van der Waals surface area contributed by atoms with E-state index >= 15 is 0 Å². The average molecular weight is 392 g/mol. The highest BCUT2D eigenvalue weighted by Crippen LogP contribution is 2.20. The van der Waals surface area contributed by atoms with Crippen molar-refractivity contribution in [3.8, 4) is 11.5 Å². The van der Waals surface area contributed by atoms with Crippen LogP contribution < -0.4 is 15.5 Å². The molecule has 0 spiro atoms. The number of nitrogens with zero attached hydrogens (tertiary/aromatic N) is 1. The van der Waals surface area contributed by atoms with Crippen LogP contribution in [0.5, 0.6) is 11.5 Å². The lowest BCUT2D eigenvalue weighted by Crippen LogP contribution is -2.32. The number of nitrogens with one attached hydrogen (secondary N) is 2. The van der Waals surface area contributed by atoms with Gasteiger partial charge in [-0.3, -0.25) is 9.59 Å². The lowest BCUT2D eigenvalue weighted by atomic mass is 10.2. The average Bonchev–Trinajstić information content (AvgIpc) is 2.58. The Labute approximate surface area is 146 Å². The van der Waals surface area contributed by atoms with Crippen molar-refractivity contribution in [2.75, 3.05) is 12.4 Å². The molecule has 0 atom stereocenters. The van der Waals surface area contributed by atoms with Gasteiger partial charge in [0, 0.05) is 15.7 Å². The normalized spacial score (nSPS) is 10.4. The number of aromatic hydroxyl groups is 1. The minimum atomic E-state index is -0.934. The van der Waals surface area contributed by atoms with Crippen LogP contribution >= 0.6 is 15.9 Å². The number of anilines is 1. The maximum absolute atomic E-state index is 11.7. The number of hydrogen-bond donors (Lipinski definition) is 3. The fraction of sp³-hybridized carbons (Fsp3) is 0.0625. The topological polar surface area (TPSA) is 100 Å². The van der Waals surface area contributed by atoms with Crippen LogP contribution in [0.2, 0.25) is 0 Å². The molecule has 0 heterocycles. The largest absolute Gasteiger partial charge is 0.507 e. The van der Waals surface area contributed by atoms with E-state index in [2.05, 4.69) is 31.8 Å². The van der Waals surface area contributed by atoms with Crippen molar-refractivity contribution in [3.63, 3.8) is 0 Å². The zero-order valence-electron chi connectivity index (χ0n) is 12.6. The lowest BCUT2D eigenvalue weighted by molar-refractivity contribution is -0.136. The third-order valence-electron chi connectivity index (χ3n) is 2.91. The number of hydrogen-bond acceptors (Lipinski definition) is 5. The zero-order valence-corrected chi connectivity index (χ0v) is 14.2. The molecule has 0 saturated heterocycles. The summed E-state index contributed by atoms with van der Waals surface area (Å²) in [5, 5.41) is 15.8. The van der Waals surface area contributed by atoms with Gasteiger partial charge in [-0.15, -0.1) is 0 Å². The molecule has 0 fully saturated rings. The number of benzene rings is 2. The van der Waals surface area contributed by atoms with E-state index in [0.29, 0.717) is 17.0 Å². The maximum Gasteiger partial charge on any atom is 0.329 e. The highest BCUT2D eigenvalue weighted by Gasteiger charge is 2.12. The summed E-state index contributed by atoms with van der Waals surface area (Å²) in [5.41, 5.74) is 2.90. The molecule has 0 unspecified atom stereocenters. The second kappa shape index (κ2) is 8.11. The third-order valence-corrected chi connectivity index (χ3v) is 3.44. The Bertz CT molecular complexity index is 775. The Balaban J connectivity index is 1.94. The summed E-state index contributed by atoms with van der Waals surface area (Å²) in [5.74, 6) is -1.30. The second-order valence-corrected chi connectivity index (χ2v) is 5.50. The molecule has 2 amide bonds. The number of halogens is 1. The molecule has 2 rings (SSSR count). The zero-order chi connectivity index (χ0) is 17.5. The number of rotatable bonds is 4. The quantitative estimate of drug-likeness (QED) is 0.422. The number of methoxy groups -OCH3 is 1. The van der Waals surface area contributed by atoms with Gasteiger partial charge >= 0.3 is 11.8 Å². The summed E-state index contributed by atoms with van der Waals surface area (Å²) in [6.45, 7) is 0. The molecule has 124 valence electrons. The Morgan fingerprint density at radius 1 is 1.17 bits per heavy atom. The SMILES string of the molecule is COc1ccc(O)c(/C=N\NC(=O)C(=O)Nc2ccc(Br)cc2)c1. The highest BCUT2D eigenvalue weighted by atomic mass is 79.9. The van der Waals surface area contributed by atoms with Crippen LogP contribution in [-0.2, 0) is 9.59 Å². The number of carbonyl (C=O) groups is 2. The molecule has 3 N–H and O–H groups in total. The molecular weight excluding hydrogens is 378 g/mol. The minimum absolute atomic E-state index is 0.0342. The van der Waals surface area contributed by atoms with Gasteiger partial charge in [-0.2, -0.15) is 5.10 Å². The Hall–Kier alpha value is -2.87. The summed E-state index contributed by atoms with van der Waals surface area (Å²) in [7, 11) is 1.49. The molecule has 0 aliphatic heterocycles. The second-order valence-electron chi connectivity index (χ2n) is 4.58. The van der Waals surface area contributed by atoms with Gasteiger partial charge in [-0.25, -0.2) is 5.43 Å². The number of phenolic OH excluding ortho intramolecular Hbond substituents is 1. The van der Waals surface area contributed by atoms with E-state index in [1.54, 1.807) is 30.3 Å². The first kappa shape index (κ1) is 17.5. The van der Waals surface area contributed by atoms with Crippen LogP contribution in [0.1, 0.15) is 5.56 Å². The molecule has 24 heavy (non-hydrogen) atoms. The van der Waals surface area contributed by atoms with Gasteiger partial charge in [0.1, 0.15) is 11.5 Å². The van der Waals surface area contributed by atoms with Crippen molar-refractivity contribution >= 4 is 39.6 Å². The van der Waals surface area contributed by atoms with Gasteiger partial charge < -0.3 is 15.2 Å². The van der Waals surface area contributed by atoms with Crippen molar-refractivity contribution in [3.05, 3.63) is 52.5 Å². The molecule has 2 aromatic rings. The number of hydrazone groups is 1. The molecular formula is C16H14BrN3O4. The standard InChI is InChI=1S/C16H14BrN3O4/c1-24-13-6-7-14(21)10(8-13)9-18-20-16(23)15(22)19-12-4-2-11(17)3-5-12/h2-9,21H,1H3,(H,19,22)(H,20,23)/b18-9-. The molecule has 0 saturated carbocycles. The maximum atomic E-state index is 11.7. The first-order chi connectivity index (χ1) is 11.5. The predicted molar refractivity (Wildman–Crippen MR) is 93.2 cm³/mol. The van der Waals surface area contributed by atoms with Gasteiger partial charge in [0.25, 0.3) is 0 Å². The summed E-state index contributed by atoms with van der Waals surface area (Å²) in [6, 6.07) is 11.3. The summed E-state index contributed by atoms with van der Waals surface area (Å²) < 4.78 is 5.88. The number of amides is 2. The van der Waals surface area contributed by atoms with Crippen LogP contribution in [-0.4, -0.2) is 30.2 Å². The van der Waals surface area contributed by atoms with E-state index in [-0.39, 0.29) is 5.75 Å². The van der Waals surface area contributed by atoms with Crippen molar-refractivity contribution < 1.29 is 19.4 Å². The van der Waals surface area contributed by atoms with Gasteiger partial charge in [0.05, 0.1) is 13.3 Å². The van der Waals surface area contributed by atoms with Crippen LogP contribution in [0.15, 0.2) is 52.0 Å². The molecule has 0 radical (unpaired) electrons. The van der Waals surface area contributed by atoms with E-state index in [0.717, 1.165) is 4.47 Å². The highest BCUT2D eigenvalue weighted by molar-refractivity contribution is 9.10. The van der Waals surface area contributed by atoms with Gasteiger partial charge in [0.15, 0.2) is 0 Å².